The number of aromatic nitrogens is 3. The van der Waals surface area contributed by atoms with Crippen molar-refractivity contribution in [2.75, 3.05) is 25.1 Å². The minimum Gasteiger partial charge on any atom is -0.507 e. The fourth-order valence-electron chi connectivity index (χ4n) is 5.59. The van der Waals surface area contributed by atoms with Crippen molar-refractivity contribution >= 4 is 36.9 Å². The molecular weight excluding hydrogens is 595 g/mol. The minimum atomic E-state index is -2.02. The first-order valence-electron chi connectivity index (χ1n) is 14.9. The minimum absolute atomic E-state index is 0.00785. The number of phenolic OH excluding ortho intramolecular Hbond substituents is 1. The lowest BCUT2D eigenvalue weighted by molar-refractivity contribution is -0.0406. The van der Waals surface area contributed by atoms with Crippen LogP contribution >= 0.6 is 11.6 Å². The highest BCUT2D eigenvalue weighted by Gasteiger charge is 2.52. The molecule has 2 unspecified atom stereocenters. The Morgan fingerprint density at radius 2 is 1.86 bits per heavy atom. The SMILES string of the molecule is CC(C)(C)[Si](C)(C)OC1CO[C@H]2[C@@H]1OC[C@H]2Oc1nc2cc(Cl)c(NCc3c(O)cccc3F)nc2n1C1CCCCO1. The van der Waals surface area contributed by atoms with Crippen molar-refractivity contribution in [3.05, 3.63) is 40.7 Å². The lowest BCUT2D eigenvalue weighted by atomic mass is 10.1. The molecule has 6 rings (SSSR count). The van der Waals surface area contributed by atoms with Crippen LogP contribution in [0.4, 0.5) is 10.2 Å². The van der Waals surface area contributed by atoms with Crippen molar-refractivity contribution in [2.24, 2.45) is 0 Å². The molecule has 0 bridgehead atoms. The van der Waals surface area contributed by atoms with Crippen molar-refractivity contribution in [3.63, 3.8) is 0 Å². The molecule has 0 aliphatic carbocycles. The van der Waals surface area contributed by atoms with Gasteiger partial charge >= 0.3 is 6.01 Å². The van der Waals surface area contributed by atoms with Crippen molar-refractivity contribution in [1.82, 2.24) is 14.5 Å². The molecule has 3 aliphatic rings. The Morgan fingerprint density at radius 1 is 1.12 bits per heavy atom. The molecule has 3 aliphatic heterocycles. The van der Waals surface area contributed by atoms with Gasteiger partial charge in [0, 0.05) is 18.7 Å². The van der Waals surface area contributed by atoms with E-state index in [0.717, 1.165) is 19.3 Å². The summed E-state index contributed by atoms with van der Waals surface area (Å²) in [5.41, 5.74) is 1.18. The molecular formula is C30H40ClFN4O6Si. The van der Waals surface area contributed by atoms with Gasteiger partial charge in [-0.2, -0.15) is 4.98 Å². The molecule has 2 aromatic heterocycles. The predicted octanol–water partition coefficient (Wildman–Crippen LogP) is 6.18. The molecule has 234 valence electrons. The third kappa shape index (κ3) is 5.97. The highest BCUT2D eigenvalue weighted by molar-refractivity contribution is 6.74. The number of imidazole rings is 1. The number of hydrogen-bond donors (Lipinski definition) is 2. The number of fused-ring (bicyclic) bond motifs is 2. The smallest absolute Gasteiger partial charge is 0.301 e. The van der Waals surface area contributed by atoms with Crippen LogP contribution in [0, 0.1) is 5.82 Å². The number of ether oxygens (including phenoxy) is 4. The van der Waals surface area contributed by atoms with E-state index in [9.17, 15) is 9.50 Å². The molecule has 0 amide bonds. The van der Waals surface area contributed by atoms with Crippen LogP contribution in [-0.4, -0.2) is 72.2 Å². The average Bonchev–Trinajstić information content (AvgIpc) is 3.63. The molecule has 1 aromatic carbocycles. The lowest BCUT2D eigenvalue weighted by Gasteiger charge is -2.39. The normalized spacial score (nSPS) is 26.2. The number of phenols is 1. The Kier molecular flexibility index (Phi) is 8.37. The van der Waals surface area contributed by atoms with E-state index in [1.165, 1.54) is 18.2 Å². The molecule has 0 radical (unpaired) electrons. The second-order valence-corrected chi connectivity index (χ2v) is 18.2. The maximum atomic E-state index is 14.3. The summed E-state index contributed by atoms with van der Waals surface area (Å²) in [5, 5.41) is 13.6. The topological polar surface area (TPSA) is 109 Å². The van der Waals surface area contributed by atoms with Crippen LogP contribution in [0.1, 0.15) is 51.8 Å². The highest BCUT2D eigenvalue weighted by Crippen LogP contribution is 2.41. The van der Waals surface area contributed by atoms with Crippen molar-refractivity contribution < 1.29 is 32.9 Å². The van der Waals surface area contributed by atoms with Gasteiger partial charge in [-0.15, -0.1) is 0 Å². The number of nitrogens with one attached hydrogen (secondary N) is 1. The van der Waals surface area contributed by atoms with E-state index in [2.05, 4.69) is 39.2 Å². The first kappa shape index (κ1) is 30.5. The summed E-state index contributed by atoms with van der Waals surface area (Å²) in [5.74, 6) is -0.345. The van der Waals surface area contributed by atoms with Gasteiger partial charge in [0.15, 0.2) is 20.1 Å². The Morgan fingerprint density at radius 3 is 2.56 bits per heavy atom. The number of halogens is 2. The average molecular weight is 635 g/mol. The van der Waals surface area contributed by atoms with Gasteiger partial charge in [-0.05, 0) is 55.6 Å². The van der Waals surface area contributed by atoms with Crippen molar-refractivity contribution in [3.8, 4) is 11.8 Å². The number of aromatic hydroxyl groups is 1. The van der Waals surface area contributed by atoms with Gasteiger partial charge in [-0.1, -0.05) is 38.4 Å². The maximum Gasteiger partial charge on any atom is 0.301 e. The zero-order valence-corrected chi connectivity index (χ0v) is 27.0. The van der Waals surface area contributed by atoms with Crippen LogP contribution in [0.3, 0.4) is 0 Å². The van der Waals surface area contributed by atoms with Crippen LogP contribution in [0.25, 0.3) is 11.2 Å². The summed E-state index contributed by atoms with van der Waals surface area (Å²) in [6, 6.07) is 6.22. The molecule has 5 atom stereocenters. The standard InChI is InChI=1S/C30H40ClFN4O6Si/c1-30(2,3)43(4,5)42-23-16-40-25-22(15-39-26(23)25)41-29-34-20-13-18(31)27(33-14-17-19(32)9-8-10-21(17)37)35-28(20)36(29)24-11-6-7-12-38-24/h8-10,13,22-26,37H,6-7,11-12,14-16H2,1-5H3,(H,33,35)/t22-,23?,24?,25-,26-/m1/s1. The van der Waals surface area contributed by atoms with Crippen molar-refractivity contribution in [2.45, 2.75) is 95.4 Å². The Labute approximate surface area is 256 Å². The molecule has 5 heterocycles. The molecule has 10 nitrogen and oxygen atoms in total. The molecule has 0 spiro atoms. The second-order valence-electron chi connectivity index (χ2n) is 13.0. The van der Waals surface area contributed by atoms with Crippen LogP contribution in [0.5, 0.6) is 11.8 Å². The molecule has 3 saturated heterocycles. The number of rotatable bonds is 8. The van der Waals surface area contributed by atoms with Gasteiger partial charge in [-0.3, -0.25) is 4.57 Å². The third-order valence-electron chi connectivity index (χ3n) is 9.03. The van der Waals surface area contributed by atoms with Gasteiger partial charge in [0.05, 0.1) is 24.3 Å². The fourth-order valence-corrected chi connectivity index (χ4v) is 7.11. The number of benzene rings is 1. The Bertz CT molecular complexity index is 1460. The zero-order chi connectivity index (χ0) is 30.5. The molecule has 43 heavy (non-hydrogen) atoms. The first-order chi connectivity index (χ1) is 20.4. The Hall–Kier alpha value is -2.48. The summed E-state index contributed by atoms with van der Waals surface area (Å²) in [4.78, 5) is 9.55. The summed E-state index contributed by atoms with van der Waals surface area (Å²) in [6.07, 6.45) is 1.34. The van der Waals surface area contributed by atoms with E-state index in [-0.39, 0.29) is 47.4 Å². The molecule has 13 heteroatoms. The predicted molar refractivity (Wildman–Crippen MR) is 163 cm³/mol. The van der Waals surface area contributed by atoms with E-state index in [1.54, 1.807) is 6.07 Å². The van der Waals surface area contributed by atoms with Gasteiger partial charge in [0.25, 0.3) is 0 Å². The highest BCUT2D eigenvalue weighted by atomic mass is 35.5. The summed E-state index contributed by atoms with van der Waals surface area (Å²) in [7, 11) is -2.02. The largest absolute Gasteiger partial charge is 0.507 e. The van der Waals surface area contributed by atoms with Gasteiger partial charge in [0.1, 0.15) is 41.3 Å². The van der Waals surface area contributed by atoms with E-state index in [4.69, 9.17) is 44.9 Å². The van der Waals surface area contributed by atoms with E-state index in [0.29, 0.717) is 47.8 Å². The van der Waals surface area contributed by atoms with Crippen LogP contribution in [0.2, 0.25) is 23.2 Å². The second kappa shape index (κ2) is 11.8. The third-order valence-corrected chi connectivity index (χ3v) is 13.8. The summed E-state index contributed by atoms with van der Waals surface area (Å²) >= 11 is 6.59. The lowest BCUT2D eigenvalue weighted by Crippen LogP contribution is -2.47. The van der Waals surface area contributed by atoms with Gasteiger partial charge in [-0.25, -0.2) is 9.37 Å². The monoisotopic (exact) mass is 634 g/mol. The van der Waals surface area contributed by atoms with Gasteiger partial charge in [0.2, 0.25) is 0 Å². The van der Waals surface area contributed by atoms with E-state index >= 15 is 0 Å². The Balaban J connectivity index is 1.26. The maximum absolute atomic E-state index is 14.3. The summed E-state index contributed by atoms with van der Waals surface area (Å²) in [6.45, 7) is 12.5. The molecule has 3 aromatic rings. The van der Waals surface area contributed by atoms with Crippen molar-refractivity contribution in [1.29, 1.82) is 0 Å². The van der Waals surface area contributed by atoms with E-state index in [1.807, 2.05) is 4.57 Å². The molecule has 0 saturated carbocycles. The first-order valence-corrected chi connectivity index (χ1v) is 18.2. The fraction of sp³-hybridized carbons (Fsp3) is 0.600. The van der Waals surface area contributed by atoms with Crippen LogP contribution in [-0.2, 0) is 25.2 Å². The van der Waals surface area contributed by atoms with Crippen LogP contribution in [0.15, 0.2) is 24.3 Å². The number of pyridine rings is 1. The van der Waals surface area contributed by atoms with E-state index < -0.39 is 20.2 Å². The van der Waals surface area contributed by atoms with Gasteiger partial charge < -0.3 is 33.8 Å². The number of nitrogens with zero attached hydrogens (tertiary/aromatic N) is 3. The summed E-state index contributed by atoms with van der Waals surface area (Å²) < 4.78 is 47.9. The number of hydrogen-bond acceptors (Lipinski definition) is 9. The molecule has 3 fully saturated rings. The molecule has 2 N–H and O–H groups in total. The number of anilines is 1. The zero-order valence-electron chi connectivity index (χ0n) is 25.2. The van der Waals surface area contributed by atoms with Crippen LogP contribution < -0.4 is 10.1 Å². The quantitative estimate of drug-likeness (QED) is 0.281.